The molecule has 2 atom stereocenters. The van der Waals surface area contributed by atoms with Crippen molar-refractivity contribution in [2.45, 2.75) is 57.6 Å². The first-order chi connectivity index (χ1) is 10.2. The van der Waals surface area contributed by atoms with E-state index in [1.54, 1.807) is 0 Å². The van der Waals surface area contributed by atoms with Gasteiger partial charge in [0.05, 0.1) is 6.10 Å². The van der Waals surface area contributed by atoms with Gasteiger partial charge in [0.1, 0.15) is 11.6 Å². The number of hydrogen-bond acceptors (Lipinski definition) is 2. The quantitative estimate of drug-likeness (QED) is 0.787. The molecule has 2 rings (SSSR count). The van der Waals surface area contributed by atoms with Crippen LogP contribution in [-0.4, -0.2) is 25.3 Å². The van der Waals surface area contributed by atoms with Gasteiger partial charge < -0.3 is 10.1 Å². The standard InChI is InChI=1S/C17H25F2NO/c1-2-7-20-16(5-6-17-4-3-8-21-17)11-13-9-14(18)12-15(19)10-13/h9-10,12,16-17,20H,2-8,11H2,1H3. The van der Waals surface area contributed by atoms with Crippen LogP contribution in [0.25, 0.3) is 0 Å². The molecule has 0 aliphatic carbocycles. The molecule has 1 aromatic rings. The molecule has 1 aliphatic rings. The summed E-state index contributed by atoms with van der Waals surface area (Å²) in [4.78, 5) is 0. The molecule has 2 unspecified atom stereocenters. The number of benzene rings is 1. The minimum absolute atomic E-state index is 0.246. The van der Waals surface area contributed by atoms with Gasteiger partial charge in [-0.05, 0) is 62.8 Å². The lowest BCUT2D eigenvalue weighted by Gasteiger charge is -2.20. The van der Waals surface area contributed by atoms with Crippen molar-refractivity contribution in [3.8, 4) is 0 Å². The van der Waals surface area contributed by atoms with E-state index >= 15 is 0 Å². The zero-order chi connectivity index (χ0) is 15.1. The molecule has 0 spiro atoms. The molecule has 1 heterocycles. The molecule has 0 bridgehead atoms. The second kappa shape index (κ2) is 8.44. The normalized spacial score (nSPS) is 19.9. The van der Waals surface area contributed by atoms with Gasteiger partial charge in [-0.15, -0.1) is 0 Å². The highest BCUT2D eigenvalue weighted by molar-refractivity contribution is 5.19. The second-order valence-corrected chi connectivity index (χ2v) is 5.85. The Morgan fingerprint density at radius 3 is 2.67 bits per heavy atom. The first-order valence-corrected chi connectivity index (χ1v) is 7.97. The van der Waals surface area contributed by atoms with E-state index < -0.39 is 11.6 Å². The van der Waals surface area contributed by atoms with Crippen LogP contribution in [0.1, 0.15) is 44.6 Å². The minimum atomic E-state index is -0.502. The van der Waals surface area contributed by atoms with Crippen molar-refractivity contribution in [2.75, 3.05) is 13.2 Å². The zero-order valence-electron chi connectivity index (χ0n) is 12.7. The molecule has 0 saturated carbocycles. The summed E-state index contributed by atoms with van der Waals surface area (Å²) in [5.41, 5.74) is 0.716. The van der Waals surface area contributed by atoms with Gasteiger partial charge in [0.25, 0.3) is 0 Å². The summed E-state index contributed by atoms with van der Waals surface area (Å²) in [6.07, 6.45) is 6.33. The van der Waals surface area contributed by atoms with Gasteiger partial charge in [-0.3, -0.25) is 0 Å². The summed E-state index contributed by atoms with van der Waals surface area (Å²) in [6, 6.07) is 4.02. The molecule has 1 aromatic carbocycles. The lowest BCUT2D eigenvalue weighted by atomic mass is 9.99. The Kier molecular flexibility index (Phi) is 6.58. The monoisotopic (exact) mass is 297 g/mol. The molecule has 21 heavy (non-hydrogen) atoms. The van der Waals surface area contributed by atoms with E-state index in [0.717, 1.165) is 51.3 Å². The first-order valence-electron chi connectivity index (χ1n) is 7.97. The van der Waals surface area contributed by atoms with Gasteiger partial charge in [0, 0.05) is 18.7 Å². The molecular weight excluding hydrogens is 272 g/mol. The van der Waals surface area contributed by atoms with Crippen molar-refractivity contribution >= 4 is 0 Å². The highest BCUT2D eigenvalue weighted by atomic mass is 19.1. The van der Waals surface area contributed by atoms with Crippen LogP contribution in [0.15, 0.2) is 18.2 Å². The average molecular weight is 297 g/mol. The zero-order valence-corrected chi connectivity index (χ0v) is 12.7. The molecule has 4 heteroatoms. The van der Waals surface area contributed by atoms with Crippen LogP contribution in [0.5, 0.6) is 0 Å². The number of ether oxygens (including phenoxy) is 1. The van der Waals surface area contributed by atoms with Gasteiger partial charge in [0.15, 0.2) is 0 Å². The lowest BCUT2D eigenvalue weighted by Crippen LogP contribution is -2.32. The van der Waals surface area contributed by atoms with Gasteiger partial charge in [-0.2, -0.15) is 0 Å². The molecule has 1 fully saturated rings. The maximum atomic E-state index is 13.3. The SMILES string of the molecule is CCCNC(CCC1CCCO1)Cc1cc(F)cc(F)c1. The van der Waals surface area contributed by atoms with Crippen LogP contribution in [0.2, 0.25) is 0 Å². The second-order valence-electron chi connectivity index (χ2n) is 5.85. The van der Waals surface area contributed by atoms with Crippen molar-refractivity contribution in [1.29, 1.82) is 0 Å². The lowest BCUT2D eigenvalue weighted by molar-refractivity contribution is 0.0995. The van der Waals surface area contributed by atoms with Crippen LogP contribution < -0.4 is 5.32 Å². The average Bonchev–Trinajstić information content (AvgIpc) is 2.94. The predicted molar refractivity (Wildman–Crippen MR) is 80.4 cm³/mol. The van der Waals surface area contributed by atoms with E-state index in [9.17, 15) is 8.78 Å². The Morgan fingerprint density at radius 1 is 1.29 bits per heavy atom. The minimum Gasteiger partial charge on any atom is -0.378 e. The van der Waals surface area contributed by atoms with E-state index in [1.165, 1.54) is 12.1 Å². The van der Waals surface area contributed by atoms with E-state index in [-0.39, 0.29) is 6.04 Å². The summed E-state index contributed by atoms with van der Waals surface area (Å²) in [7, 11) is 0. The van der Waals surface area contributed by atoms with Gasteiger partial charge in [-0.25, -0.2) is 8.78 Å². The summed E-state index contributed by atoms with van der Waals surface area (Å²) in [5.74, 6) is -1.00. The summed E-state index contributed by atoms with van der Waals surface area (Å²) < 4.78 is 32.2. The highest BCUT2D eigenvalue weighted by Crippen LogP contribution is 2.19. The number of hydrogen-bond donors (Lipinski definition) is 1. The van der Waals surface area contributed by atoms with E-state index in [0.29, 0.717) is 18.1 Å². The summed E-state index contributed by atoms with van der Waals surface area (Å²) in [6.45, 7) is 3.91. The molecule has 0 aromatic heterocycles. The van der Waals surface area contributed by atoms with Gasteiger partial charge >= 0.3 is 0 Å². The summed E-state index contributed by atoms with van der Waals surface area (Å²) >= 11 is 0. The maximum Gasteiger partial charge on any atom is 0.126 e. The molecule has 1 N–H and O–H groups in total. The Hall–Kier alpha value is -1.00. The third kappa shape index (κ3) is 5.71. The smallest absolute Gasteiger partial charge is 0.126 e. The Morgan fingerprint density at radius 2 is 2.05 bits per heavy atom. The molecule has 0 amide bonds. The molecule has 1 aliphatic heterocycles. The van der Waals surface area contributed by atoms with Gasteiger partial charge in [0.2, 0.25) is 0 Å². The predicted octanol–water partition coefficient (Wildman–Crippen LogP) is 3.83. The number of halogens is 2. The van der Waals surface area contributed by atoms with E-state index in [2.05, 4.69) is 12.2 Å². The van der Waals surface area contributed by atoms with Gasteiger partial charge in [-0.1, -0.05) is 6.92 Å². The van der Waals surface area contributed by atoms with Crippen LogP contribution in [-0.2, 0) is 11.2 Å². The van der Waals surface area contributed by atoms with Crippen LogP contribution in [0.3, 0.4) is 0 Å². The molecule has 118 valence electrons. The molecular formula is C17H25F2NO. The topological polar surface area (TPSA) is 21.3 Å². The van der Waals surface area contributed by atoms with Crippen molar-refractivity contribution in [3.05, 3.63) is 35.4 Å². The van der Waals surface area contributed by atoms with Crippen molar-refractivity contribution in [2.24, 2.45) is 0 Å². The van der Waals surface area contributed by atoms with Crippen molar-refractivity contribution in [1.82, 2.24) is 5.32 Å². The Labute approximate surface area is 125 Å². The van der Waals surface area contributed by atoms with Crippen LogP contribution >= 0.6 is 0 Å². The largest absolute Gasteiger partial charge is 0.378 e. The molecule has 0 radical (unpaired) electrons. The Bertz CT molecular complexity index is 413. The van der Waals surface area contributed by atoms with E-state index in [4.69, 9.17) is 4.74 Å². The molecule has 2 nitrogen and oxygen atoms in total. The first kappa shape index (κ1) is 16.4. The third-order valence-electron chi connectivity index (χ3n) is 3.95. The maximum absolute atomic E-state index is 13.3. The summed E-state index contributed by atoms with van der Waals surface area (Å²) in [5, 5.41) is 3.48. The fourth-order valence-electron chi connectivity index (χ4n) is 2.90. The van der Waals surface area contributed by atoms with E-state index in [1.807, 2.05) is 0 Å². The highest BCUT2D eigenvalue weighted by Gasteiger charge is 2.18. The fourth-order valence-corrected chi connectivity index (χ4v) is 2.90. The Balaban J connectivity index is 1.90. The number of rotatable bonds is 8. The van der Waals surface area contributed by atoms with Crippen LogP contribution in [0, 0.1) is 11.6 Å². The van der Waals surface area contributed by atoms with Crippen molar-refractivity contribution < 1.29 is 13.5 Å². The third-order valence-corrected chi connectivity index (χ3v) is 3.95. The number of nitrogens with one attached hydrogen (secondary N) is 1. The molecule has 1 saturated heterocycles. The van der Waals surface area contributed by atoms with Crippen LogP contribution in [0.4, 0.5) is 8.78 Å². The van der Waals surface area contributed by atoms with Crippen molar-refractivity contribution in [3.63, 3.8) is 0 Å². The fraction of sp³-hybridized carbons (Fsp3) is 0.647.